The van der Waals surface area contributed by atoms with Crippen molar-refractivity contribution < 1.29 is 14.3 Å². The van der Waals surface area contributed by atoms with Crippen molar-refractivity contribution in [2.45, 2.75) is 84.1 Å². The van der Waals surface area contributed by atoms with E-state index in [1.807, 2.05) is 90.1 Å². The van der Waals surface area contributed by atoms with Gasteiger partial charge in [0.05, 0.1) is 6.61 Å². The number of carbonyl (C=O) groups excluding carboxylic acids is 2. The van der Waals surface area contributed by atoms with Gasteiger partial charge in [0.15, 0.2) is 5.82 Å². The highest BCUT2D eigenvalue weighted by Gasteiger charge is 2.28. The van der Waals surface area contributed by atoms with Gasteiger partial charge in [-0.05, 0) is 66.1 Å². The van der Waals surface area contributed by atoms with Crippen molar-refractivity contribution in [1.82, 2.24) is 20.2 Å². The van der Waals surface area contributed by atoms with Crippen LogP contribution in [0.5, 0.6) is 5.75 Å². The van der Waals surface area contributed by atoms with Crippen molar-refractivity contribution in [3.05, 3.63) is 102 Å². The Morgan fingerprint density at radius 2 is 1.43 bits per heavy atom. The summed E-state index contributed by atoms with van der Waals surface area (Å²) in [6, 6.07) is 23.0. The second-order valence-electron chi connectivity index (χ2n) is 12.8. The quantitative estimate of drug-likeness (QED) is 0.133. The summed E-state index contributed by atoms with van der Waals surface area (Å²) < 4.78 is 5.90. The number of nitrogens with zero attached hydrogens (tertiary/aromatic N) is 3. The highest BCUT2D eigenvalue weighted by molar-refractivity contribution is 5.97. The Kier molecular flexibility index (Phi) is 12.1. The van der Waals surface area contributed by atoms with E-state index in [1.54, 1.807) is 0 Å². The number of carbonyl (C=O) groups is 2. The third-order valence-electron chi connectivity index (χ3n) is 8.87. The van der Waals surface area contributed by atoms with E-state index in [2.05, 4.69) is 36.1 Å². The Morgan fingerprint density at radius 1 is 0.787 bits per heavy atom. The van der Waals surface area contributed by atoms with Crippen molar-refractivity contribution in [2.24, 2.45) is 0 Å². The molecule has 47 heavy (non-hydrogen) atoms. The average Bonchev–Trinajstić information content (AvgIpc) is 3.65. The Bertz CT molecular complexity index is 1560. The van der Waals surface area contributed by atoms with Gasteiger partial charge in [0.2, 0.25) is 5.91 Å². The number of unbranched alkanes of at least 4 members (excludes halogenated alkanes) is 4. The summed E-state index contributed by atoms with van der Waals surface area (Å²) in [5.41, 5.74) is 5.55. The number of ether oxygens (including phenoxy) is 1. The maximum absolute atomic E-state index is 13.5. The molecule has 1 aliphatic rings. The maximum atomic E-state index is 13.5. The van der Waals surface area contributed by atoms with Crippen LogP contribution < -0.4 is 10.1 Å². The third-order valence-corrected chi connectivity index (χ3v) is 8.87. The van der Waals surface area contributed by atoms with Crippen LogP contribution in [0.4, 0.5) is 0 Å². The summed E-state index contributed by atoms with van der Waals surface area (Å²) >= 11 is 0. The number of nitrogens with one attached hydrogen (secondary N) is 1. The zero-order chi connectivity index (χ0) is 33.0. The van der Waals surface area contributed by atoms with Crippen LogP contribution in [0.1, 0.15) is 93.1 Å². The van der Waals surface area contributed by atoms with Crippen molar-refractivity contribution >= 4 is 11.8 Å². The van der Waals surface area contributed by atoms with Crippen LogP contribution >= 0.6 is 0 Å². The normalized spacial score (nSPS) is 13.5. The Morgan fingerprint density at radius 3 is 2.06 bits per heavy atom. The van der Waals surface area contributed by atoms with E-state index >= 15 is 0 Å². The molecule has 1 aliphatic heterocycles. The molecule has 4 aromatic rings. The summed E-state index contributed by atoms with van der Waals surface area (Å²) in [4.78, 5) is 37.8. The van der Waals surface area contributed by atoms with Gasteiger partial charge in [0.25, 0.3) is 5.91 Å². The molecule has 5 rings (SSSR count). The zero-order valence-electron chi connectivity index (χ0n) is 28.1. The third kappa shape index (κ3) is 9.50. The van der Waals surface area contributed by atoms with Crippen LogP contribution in [-0.4, -0.2) is 52.4 Å². The largest absolute Gasteiger partial charge is 0.494 e. The summed E-state index contributed by atoms with van der Waals surface area (Å²) in [5, 5.41) is 3.04. The Balaban J connectivity index is 1.20. The van der Waals surface area contributed by atoms with Crippen LogP contribution in [0.3, 0.4) is 0 Å². The standard InChI is InChI=1S/C40H48N4O3/c1-4-5-6-7-10-25-47-36-21-19-32(20-22-36)35-27-41-38(42-28-35)33-13-11-30(12-14-33)26-37(40(46)44-23-8-9-24-44)43-39(45)34-17-15-31(16-18-34)29(2)3/h11-22,27-29,37H,4-10,23-26H2,1-3H3,(H,43,45). The number of likely N-dealkylation sites (tertiary alicyclic amines) is 1. The van der Waals surface area contributed by atoms with Crippen molar-refractivity contribution in [1.29, 1.82) is 0 Å². The molecule has 1 atom stereocenters. The molecular formula is C40H48N4O3. The van der Waals surface area contributed by atoms with E-state index in [4.69, 9.17) is 4.74 Å². The monoisotopic (exact) mass is 632 g/mol. The minimum atomic E-state index is -0.644. The first-order valence-electron chi connectivity index (χ1n) is 17.3. The lowest BCUT2D eigenvalue weighted by Gasteiger charge is -2.24. The van der Waals surface area contributed by atoms with E-state index in [1.165, 1.54) is 31.2 Å². The Labute approximate surface area is 279 Å². The topological polar surface area (TPSA) is 84.4 Å². The summed E-state index contributed by atoms with van der Waals surface area (Å²) in [6.07, 6.45) is 12.2. The van der Waals surface area contributed by atoms with Gasteiger partial charge in [-0.3, -0.25) is 9.59 Å². The van der Waals surface area contributed by atoms with Gasteiger partial charge in [-0.1, -0.05) is 95.0 Å². The molecule has 1 unspecified atom stereocenters. The van der Waals surface area contributed by atoms with Crippen LogP contribution in [0.2, 0.25) is 0 Å². The number of rotatable bonds is 15. The smallest absolute Gasteiger partial charge is 0.251 e. The van der Waals surface area contributed by atoms with Gasteiger partial charge in [-0.2, -0.15) is 0 Å². The number of hydrogen-bond acceptors (Lipinski definition) is 5. The lowest BCUT2D eigenvalue weighted by atomic mass is 10.0. The number of benzene rings is 3. The average molecular weight is 633 g/mol. The fraction of sp³-hybridized carbons (Fsp3) is 0.400. The molecule has 0 bridgehead atoms. The molecule has 246 valence electrons. The highest BCUT2D eigenvalue weighted by atomic mass is 16.5. The zero-order valence-corrected chi connectivity index (χ0v) is 28.1. The molecule has 0 radical (unpaired) electrons. The maximum Gasteiger partial charge on any atom is 0.251 e. The first-order valence-corrected chi connectivity index (χ1v) is 17.3. The molecule has 2 heterocycles. The van der Waals surface area contributed by atoms with E-state index in [-0.39, 0.29) is 11.8 Å². The molecular weight excluding hydrogens is 584 g/mol. The predicted molar refractivity (Wildman–Crippen MR) is 188 cm³/mol. The molecule has 0 spiro atoms. The van der Waals surface area contributed by atoms with E-state index in [9.17, 15) is 9.59 Å². The van der Waals surface area contributed by atoms with Gasteiger partial charge in [-0.15, -0.1) is 0 Å². The van der Waals surface area contributed by atoms with E-state index < -0.39 is 6.04 Å². The highest BCUT2D eigenvalue weighted by Crippen LogP contribution is 2.24. The molecule has 1 fully saturated rings. The van der Waals surface area contributed by atoms with Crippen LogP contribution in [0, 0.1) is 0 Å². The second-order valence-corrected chi connectivity index (χ2v) is 12.8. The SMILES string of the molecule is CCCCCCCOc1ccc(-c2cnc(-c3ccc(CC(NC(=O)c4ccc(C(C)C)cc4)C(=O)N4CCCC4)cc3)nc2)cc1. The van der Waals surface area contributed by atoms with Crippen LogP contribution in [-0.2, 0) is 11.2 Å². The van der Waals surface area contributed by atoms with Gasteiger partial charge >= 0.3 is 0 Å². The molecule has 3 aromatic carbocycles. The molecule has 0 saturated carbocycles. The molecule has 7 nitrogen and oxygen atoms in total. The summed E-state index contributed by atoms with van der Waals surface area (Å²) in [7, 11) is 0. The summed E-state index contributed by atoms with van der Waals surface area (Å²) in [5.74, 6) is 1.63. The van der Waals surface area contributed by atoms with Crippen LogP contribution in [0.15, 0.2) is 85.2 Å². The lowest BCUT2D eigenvalue weighted by molar-refractivity contribution is -0.132. The number of hydrogen-bond donors (Lipinski definition) is 1. The first kappa shape index (κ1) is 33.8. The Hall–Kier alpha value is -4.52. The van der Waals surface area contributed by atoms with Gasteiger partial charge < -0.3 is 15.0 Å². The molecule has 1 N–H and O–H groups in total. The fourth-order valence-electron chi connectivity index (χ4n) is 5.91. The number of aromatic nitrogens is 2. The summed E-state index contributed by atoms with van der Waals surface area (Å²) in [6.45, 7) is 8.69. The predicted octanol–water partition coefficient (Wildman–Crippen LogP) is 8.25. The molecule has 7 heteroatoms. The lowest BCUT2D eigenvalue weighted by Crippen LogP contribution is -2.49. The molecule has 1 saturated heterocycles. The second kappa shape index (κ2) is 16.9. The van der Waals surface area contributed by atoms with E-state index in [0.717, 1.165) is 67.0 Å². The van der Waals surface area contributed by atoms with Crippen molar-refractivity contribution in [3.8, 4) is 28.3 Å². The van der Waals surface area contributed by atoms with Gasteiger partial charge in [0, 0.05) is 48.6 Å². The minimum absolute atomic E-state index is 0.0281. The van der Waals surface area contributed by atoms with Crippen molar-refractivity contribution in [3.63, 3.8) is 0 Å². The molecule has 0 aliphatic carbocycles. The first-order chi connectivity index (χ1) is 22.9. The van der Waals surface area contributed by atoms with E-state index in [0.29, 0.717) is 23.7 Å². The fourth-order valence-corrected chi connectivity index (χ4v) is 5.91. The van der Waals surface area contributed by atoms with Gasteiger partial charge in [-0.25, -0.2) is 9.97 Å². The molecule has 2 amide bonds. The minimum Gasteiger partial charge on any atom is -0.494 e. The van der Waals surface area contributed by atoms with Crippen LogP contribution in [0.25, 0.3) is 22.5 Å². The molecule has 1 aromatic heterocycles. The number of amides is 2. The van der Waals surface area contributed by atoms with Gasteiger partial charge in [0.1, 0.15) is 11.8 Å². The van der Waals surface area contributed by atoms with Crippen molar-refractivity contribution in [2.75, 3.05) is 19.7 Å².